The van der Waals surface area contributed by atoms with Crippen LogP contribution in [-0.2, 0) is 11.2 Å². The van der Waals surface area contributed by atoms with E-state index in [1.54, 1.807) is 11.3 Å². The summed E-state index contributed by atoms with van der Waals surface area (Å²) in [4.78, 5) is 19.4. The van der Waals surface area contributed by atoms with Gasteiger partial charge < -0.3 is 4.90 Å². The van der Waals surface area contributed by atoms with Crippen LogP contribution < -0.4 is 0 Å². The van der Waals surface area contributed by atoms with Crippen molar-refractivity contribution in [2.45, 2.75) is 39.7 Å². The first kappa shape index (κ1) is 20.3. The number of benzene rings is 2. The highest BCUT2D eigenvalue weighted by molar-refractivity contribution is 7.18. The Balaban J connectivity index is 1.46. The molecule has 0 fully saturated rings. The predicted molar refractivity (Wildman–Crippen MR) is 122 cm³/mol. The number of rotatable bonds is 6. The van der Waals surface area contributed by atoms with E-state index in [0.717, 1.165) is 37.9 Å². The molecule has 0 spiro atoms. The second kappa shape index (κ2) is 8.40. The number of fused-ring (bicyclic) bond motifs is 1. The summed E-state index contributed by atoms with van der Waals surface area (Å²) in [6.07, 6.45) is 1.13. The van der Waals surface area contributed by atoms with Gasteiger partial charge in [0.05, 0.1) is 27.6 Å². The third-order valence-corrected chi connectivity index (χ3v) is 6.88. The Labute approximate surface area is 181 Å². The minimum absolute atomic E-state index is 0.0517. The zero-order chi connectivity index (χ0) is 21.3. The smallest absolute Gasteiger partial charge is 0.223 e. The van der Waals surface area contributed by atoms with Crippen molar-refractivity contribution in [3.05, 3.63) is 76.6 Å². The van der Waals surface area contributed by atoms with Crippen LogP contribution >= 0.6 is 11.3 Å². The molecule has 0 radical (unpaired) electrons. The second-order valence-electron chi connectivity index (χ2n) is 7.60. The van der Waals surface area contributed by atoms with E-state index in [2.05, 4.69) is 13.0 Å². The molecular formula is C24H26N4OS. The molecule has 2 aromatic carbocycles. The number of carbonyl (C=O) groups excluding carboxylic acids is 1. The molecule has 0 aliphatic carbocycles. The van der Waals surface area contributed by atoms with E-state index in [-0.39, 0.29) is 11.9 Å². The number of aromatic nitrogens is 3. The van der Waals surface area contributed by atoms with Crippen LogP contribution in [0.1, 0.15) is 41.3 Å². The highest BCUT2D eigenvalue weighted by Gasteiger charge is 2.22. The maximum atomic E-state index is 12.9. The van der Waals surface area contributed by atoms with Gasteiger partial charge in [-0.25, -0.2) is 9.67 Å². The normalized spacial score (nSPS) is 12.3. The molecule has 2 aromatic heterocycles. The lowest BCUT2D eigenvalue weighted by molar-refractivity contribution is -0.131. The SMILES string of the molecule is Cc1nn(-c2ccccc2)c(C)c1CCC(=O)N(C)[C@@H](C)c1nc2ccccc2s1. The van der Waals surface area contributed by atoms with E-state index < -0.39 is 0 Å². The number of nitrogens with zero attached hydrogens (tertiary/aromatic N) is 4. The van der Waals surface area contributed by atoms with E-state index in [1.807, 2.05) is 79.0 Å². The van der Waals surface area contributed by atoms with Gasteiger partial charge in [0.15, 0.2) is 0 Å². The quantitative estimate of drug-likeness (QED) is 0.430. The summed E-state index contributed by atoms with van der Waals surface area (Å²) in [6.45, 7) is 6.12. The van der Waals surface area contributed by atoms with Crippen molar-refractivity contribution < 1.29 is 4.79 Å². The average molecular weight is 419 g/mol. The Hall–Kier alpha value is -2.99. The summed E-state index contributed by atoms with van der Waals surface area (Å²) < 4.78 is 3.11. The molecule has 154 valence electrons. The third kappa shape index (κ3) is 3.87. The van der Waals surface area contributed by atoms with Crippen LogP contribution in [0.4, 0.5) is 0 Å². The maximum Gasteiger partial charge on any atom is 0.223 e. The summed E-state index contributed by atoms with van der Waals surface area (Å²) in [6, 6.07) is 18.1. The molecule has 0 unspecified atom stereocenters. The lowest BCUT2D eigenvalue weighted by Crippen LogP contribution is -2.29. The first-order valence-electron chi connectivity index (χ1n) is 10.2. The molecule has 6 heteroatoms. The van der Waals surface area contributed by atoms with Gasteiger partial charge in [0.2, 0.25) is 5.91 Å². The molecule has 0 saturated heterocycles. The number of hydrogen-bond donors (Lipinski definition) is 0. The van der Waals surface area contributed by atoms with Gasteiger partial charge in [-0.1, -0.05) is 30.3 Å². The fourth-order valence-electron chi connectivity index (χ4n) is 3.72. The molecule has 0 N–H and O–H groups in total. The van der Waals surface area contributed by atoms with Gasteiger partial charge in [-0.15, -0.1) is 11.3 Å². The number of aryl methyl sites for hydroxylation is 1. The molecule has 2 heterocycles. The minimum Gasteiger partial charge on any atom is -0.337 e. The first-order chi connectivity index (χ1) is 14.5. The van der Waals surface area contributed by atoms with Crippen LogP contribution in [0.15, 0.2) is 54.6 Å². The Morgan fingerprint density at radius 1 is 1.10 bits per heavy atom. The number of amides is 1. The van der Waals surface area contributed by atoms with Crippen LogP contribution in [0.3, 0.4) is 0 Å². The molecule has 0 bridgehead atoms. The van der Waals surface area contributed by atoms with Gasteiger partial charge in [-0.3, -0.25) is 4.79 Å². The summed E-state index contributed by atoms with van der Waals surface area (Å²) in [5.41, 5.74) is 5.25. The van der Waals surface area contributed by atoms with Crippen molar-refractivity contribution in [2.24, 2.45) is 0 Å². The predicted octanol–water partition coefficient (Wildman–Crippen LogP) is 5.25. The van der Waals surface area contributed by atoms with Crippen LogP contribution in [0.25, 0.3) is 15.9 Å². The van der Waals surface area contributed by atoms with Gasteiger partial charge in [0.1, 0.15) is 5.01 Å². The molecule has 5 nitrogen and oxygen atoms in total. The van der Waals surface area contributed by atoms with Crippen molar-refractivity contribution in [2.75, 3.05) is 7.05 Å². The Bertz CT molecular complexity index is 1150. The van der Waals surface area contributed by atoms with E-state index in [9.17, 15) is 4.79 Å². The summed E-state index contributed by atoms with van der Waals surface area (Å²) in [5, 5.41) is 5.66. The Morgan fingerprint density at radius 3 is 2.53 bits per heavy atom. The first-order valence-corrected chi connectivity index (χ1v) is 11.0. The molecule has 4 aromatic rings. The minimum atomic E-state index is -0.0517. The van der Waals surface area contributed by atoms with E-state index >= 15 is 0 Å². The molecule has 4 rings (SSSR count). The largest absolute Gasteiger partial charge is 0.337 e. The molecule has 1 atom stereocenters. The van der Waals surface area contributed by atoms with Gasteiger partial charge in [-0.2, -0.15) is 5.10 Å². The fourth-order valence-corrected chi connectivity index (χ4v) is 4.78. The number of thiazole rings is 1. The summed E-state index contributed by atoms with van der Waals surface area (Å²) in [5.74, 6) is 0.119. The topological polar surface area (TPSA) is 51.0 Å². The van der Waals surface area contributed by atoms with E-state index in [0.29, 0.717) is 12.8 Å². The molecular weight excluding hydrogens is 392 g/mol. The third-order valence-electron chi connectivity index (χ3n) is 5.67. The number of carbonyl (C=O) groups is 1. The Kier molecular flexibility index (Phi) is 5.68. The molecule has 1 amide bonds. The highest BCUT2D eigenvalue weighted by atomic mass is 32.1. The molecule has 0 aliphatic rings. The van der Waals surface area contributed by atoms with Crippen molar-refractivity contribution in [3.8, 4) is 5.69 Å². The maximum absolute atomic E-state index is 12.9. The van der Waals surface area contributed by atoms with E-state index in [1.165, 1.54) is 0 Å². The molecule has 30 heavy (non-hydrogen) atoms. The number of hydrogen-bond acceptors (Lipinski definition) is 4. The van der Waals surface area contributed by atoms with E-state index in [4.69, 9.17) is 10.1 Å². The fraction of sp³-hybridized carbons (Fsp3) is 0.292. The van der Waals surface area contributed by atoms with Crippen LogP contribution in [0, 0.1) is 13.8 Å². The molecule has 0 aliphatic heterocycles. The summed E-state index contributed by atoms with van der Waals surface area (Å²) >= 11 is 1.65. The average Bonchev–Trinajstić information content (AvgIpc) is 3.32. The highest BCUT2D eigenvalue weighted by Crippen LogP contribution is 2.29. The number of para-hydroxylation sites is 2. The van der Waals surface area contributed by atoms with Crippen molar-refractivity contribution in [1.29, 1.82) is 0 Å². The van der Waals surface area contributed by atoms with Gasteiger partial charge in [-0.05, 0) is 57.0 Å². The Morgan fingerprint density at radius 2 is 1.80 bits per heavy atom. The van der Waals surface area contributed by atoms with Gasteiger partial charge in [0.25, 0.3) is 0 Å². The zero-order valence-electron chi connectivity index (χ0n) is 17.8. The standard InChI is InChI=1S/C24H26N4OS/c1-16-20(17(2)28(26-16)19-10-6-5-7-11-19)14-15-23(29)27(4)18(3)24-25-21-12-8-9-13-22(21)30-24/h5-13,18H,14-15H2,1-4H3/t18-/m0/s1. The van der Waals surface area contributed by atoms with Crippen molar-refractivity contribution >= 4 is 27.5 Å². The van der Waals surface area contributed by atoms with Crippen molar-refractivity contribution in [1.82, 2.24) is 19.7 Å². The lowest BCUT2D eigenvalue weighted by atomic mass is 10.1. The second-order valence-corrected chi connectivity index (χ2v) is 8.66. The monoisotopic (exact) mass is 418 g/mol. The van der Waals surface area contributed by atoms with Crippen molar-refractivity contribution in [3.63, 3.8) is 0 Å². The van der Waals surface area contributed by atoms with Crippen LogP contribution in [-0.4, -0.2) is 32.6 Å². The van der Waals surface area contributed by atoms with Gasteiger partial charge >= 0.3 is 0 Å². The molecule has 0 saturated carbocycles. The van der Waals surface area contributed by atoms with Crippen LogP contribution in [0.5, 0.6) is 0 Å². The van der Waals surface area contributed by atoms with Gasteiger partial charge in [0, 0.05) is 19.2 Å². The summed E-state index contributed by atoms with van der Waals surface area (Å²) in [7, 11) is 1.87. The van der Waals surface area contributed by atoms with Crippen LogP contribution in [0.2, 0.25) is 0 Å². The lowest BCUT2D eigenvalue weighted by Gasteiger charge is -2.23. The zero-order valence-corrected chi connectivity index (χ0v) is 18.6.